The first-order valence-electron chi connectivity index (χ1n) is 9.08. The lowest BCUT2D eigenvalue weighted by Gasteiger charge is -2.15. The Labute approximate surface area is 167 Å². The lowest BCUT2D eigenvalue weighted by molar-refractivity contribution is 0.318. The molecule has 0 spiro atoms. The Morgan fingerprint density at radius 1 is 1.28 bits per heavy atom. The van der Waals surface area contributed by atoms with Gasteiger partial charge in [0.1, 0.15) is 11.3 Å². The highest BCUT2D eigenvalue weighted by Gasteiger charge is 2.18. The molecule has 1 aromatic carbocycles. The Morgan fingerprint density at radius 3 is 2.90 bits per heavy atom. The summed E-state index contributed by atoms with van der Waals surface area (Å²) >= 11 is 0. The number of fused-ring (bicyclic) bond motifs is 1. The largest absolute Gasteiger partial charge is 0.481 e. The minimum Gasteiger partial charge on any atom is -0.481 e. The van der Waals surface area contributed by atoms with Crippen LogP contribution in [0.25, 0.3) is 11.9 Å². The number of pyridine rings is 1. The van der Waals surface area contributed by atoms with Gasteiger partial charge in [0.15, 0.2) is 0 Å². The molecule has 29 heavy (non-hydrogen) atoms. The highest BCUT2D eigenvalue weighted by molar-refractivity contribution is 6.04. The number of aryl methyl sites for hydroxylation is 1. The van der Waals surface area contributed by atoms with Gasteiger partial charge in [0.05, 0.1) is 19.0 Å². The fraction of sp³-hybridized carbons (Fsp3) is 0.143. The maximum Gasteiger partial charge on any atom is 0.212 e. The van der Waals surface area contributed by atoms with Crippen molar-refractivity contribution >= 4 is 23.3 Å². The molecule has 8 nitrogen and oxygen atoms in total. The first kappa shape index (κ1) is 18.4. The van der Waals surface area contributed by atoms with Gasteiger partial charge >= 0.3 is 0 Å². The molecule has 1 aliphatic carbocycles. The molecule has 8 heteroatoms. The molecule has 0 atom stereocenters. The standard InChI is InChI=1S/C21H20N6O2/c1-29-21-7-2-14(12-24-21)10-20(27-9-8-23-13-19(27)22)25-16-4-5-17-15(11-16)3-6-18(17)26-28/h2,4-5,7-13,22,25,28H,3,6H2,1H3/b20-10+,22-19?,26-18+. The van der Waals surface area contributed by atoms with Gasteiger partial charge < -0.3 is 15.3 Å². The summed E-state index contributed by atoms with van der Waals surface area (Å²) in [7, 11) is 1.57. The van der Waals surface area contributed by atoms with Gasteiger partial charge in [-0.15, -0.1) is 0 Å². The van der Waals surface area contributed by atoms with Gasteiger partial charge in [-0.1, -0.05) is 11.2 Å². The smallest absolute Gasteiger partial charge is 0.212 e. The van der Waals surface area contributed by atoms with Crippen molar-refractivity contribution < 1.29 is 9.94 Å². The Morgan fingerprint density at radius 2 is 2.17 bits per heavy atom. The number of ether oxygens (including phenoxy) is 1. The second-order valence-corrected chi connectivity index (χ2v) is 6.54. The first-order valence-corrected chi connectivity index (χ1v) is 9.08. The van der Waals surface area contributed by atoms with Crippen LogP contribution in [0.2, 0.25) is 0 Å². The van der Waals surface area contributed by atoms with Crippen LogP contribution in [0.15, 0.2) is 60.3 Å². The van der Waals surface area contributed by atoms with Crippen LogP contribution in [-0.2, 0) is 6.42 Å². The van der Waals surface area contributed by atoms with E-state index in [-0.39, 0.29) is 5.49 Å². The van der Waals surface area contributed by atoms with Crippen LogP contribution >= 0.6 is 0 Å². The van der Waals surface area contributed by atoms with Crippen molar-refractivity contribution in [2.75, 3.05) is 12.4 Å². The summed E-state index contributed by atoms with van der Waals surface area (Å²) < 4.78 is 6.82. The summed E-state index contributed by atoms with van der Waals surface area (Å²) in [5, 5.41) is 24.1. The molecule has 0 radical (unpaired) electrons. The molecule has 3 aromatic rings. The summed E-state index contributed by atoms with van der Waals surface area (Å²) in [4.78, 5) is 8.24. The van der Waals surface area contributed by atoms with E-state index in [9.17, 15) is 0 Å². The third kappa shape index (κ3) is 3.86. The van der Waals surface area contributed by atoms with Gasteiger partial charge in [0.2, 0.25) is 5.88 Å². The molecule has 0 unspecified atom stereocenters. The van der Waals surface area contributed by atoms with E-state index in [1.165, 1.54) is 6.20 Å². The number of benzene rings is 1. The Kier molecular flexibility index (Phi) is 5.07. The topological polar surface area (TPSA) is 108 Å². The van der Waals surface area contributed by atoms with Gasteiger partial charge in [0.25, 0.3) is 0 Å². The first-order chi connectivity index (χ1) is 14.2. The molecule has 146 valence electrons. The molecule has 4 rings (SSSR count). The predicted molar refractivity (Wildman–Crippen MR) is 110 cm³/mol. The second kappa shape index (κ2) is 7.97. The summed E-state index contributed by atoms with van der Waals surface area (Å²) in [5.41, 5.74) is 4.78. The van der Waals surface area contributed by atoms with Gasteiger partial charge in [0, 0.05) is 35.9 Å². The molecule has 2 aromatic heterocycles. The maximum absolute atomic E-state index is 9.13. The summed E-state index contributed by atoms with van der Waals surface area (Å²) in [6, 6.07) is 9.60. The number of aromatic nitrogens is 3. The van der Waals surface area contributed by atoms with Gasteiger partial charge in [-0.2, -0.15) is 0 Å². The number of nitrogens with one attached hydrogen (secondary N) is 2. The van der Waals surface area contributed by atoms with Crippen LogP contribution in [0.1, 0.15) is 23.1 Å². The minimum absolute atomic E-state index is 0.239. The van der Waals surface area contributed by atoms with Gasteiger partial charge in [-0.25, -0.2) is 4.98 Å². The van der Waals surface area contributed by atoms with Crippen molar-refractivity contribution in [1.82, 2.24) is 14.5 Å². The predicted octanol–water partition coefficient (Wildman–Crippen LogP) is 2.96. The van der Waals surface area contributed by atoms with Crippen LogP contribution in [0.3, 0.4) is 0 Å². The van der Waals surface area contributed by atoms with E-state index >= 15 is 0 Å². The van der Waals surface area contributed by atoms with Crippen LogP contribution in [0.4, 0.5) is 5.69 Å². The Balaban J connectivity index is 1.72. The van der Waals surface area contributed by atoms with Crippen molar-refractivity contribution in [3.05, 3.63) is 77.3 Å². The van der Waals surface area contributed by atoms with E-state index in [1.54, 1.807) is 36.3 Å². The third-order valence-corrected chi connectivity index (χ3v) is 4.73. The zero-order valence-corrected chi connectivity index (χ0v) is 15.8. The molecule has 0 aliphatic heterocycles. The average Bonchev–Trinajstić information content (AvgIpc) is 3.16. The van der Waals surface area contributed by atoms with E-state index in [0.717, 1.165) is 35.2 Å². The maximum atomic E-state index is 9.13. The number of oxime groups is 1. The Hall–Kier alpha value is -3.94. The minimum atomic E-state index is 0.239. The molecule has 0 saturated carbocycles. The number of hydrogen-bond acceptors (Lipinski definition) is 7. The summed E-state index contributed by atoms with van der Waals surface area (Å²) in [6.07, 6.45) is 10.0. The second-order valence-electron chi connectivity index (χ2n) is 6.54. The molecule has 0 saturated heterocycles. The summed E-state index contributed by atoms with van der Waals surface area (Å²) in [6.45, 7) is 0. The average molecular weight is 388 g/mol. The highest BCUT2D eigenvalue weighted by atomic mass is 16.5. The third-order valence-electron chi connectivity index (χ3n) is 4.73. The highest BCUT2D eigenvalue weighted by Crippen LogP contribution is 2.27. The van der Waals surface area contributed by atoms with Crippen LogP contribution in [-0.4, -0.2) is 32.6 Å². The fourth-order valence-electron chi connectivity index (χ4n) is 3.29. The van der Waals surface area contributed by atoms with Crippen molar-refractivity contribution in [3.8, 4) is 5.88 Å². The van der Waals surface area contributed by atoms with E-state index in [1.807, 2.05) is 30.3 Å². The zero-order chi connectivity index (χ0) is 20.2. The van der Waals surface area contributed by atoms with Crippen LogP contribution in [0.5, 0.6) is 5.88 Å². The quantitative estimate of drug-likeness (QED) is 0.460. The van der Waals surface area contributed by atoms with Crippen molar-refractivity contribution in [1.29, 1.82) is 5.41 Å². The SMILES string of the molecule is COc1ccc(/C=C(\Nc2ccc3c(c2)CC/C3=N\O)n2ccncc2=N)cn1. The number of hydrogen-bond donors (Lipinski definition) is 3. The molecule has 0 bridgehead atoms. The number of nitrogens with zero attached hydrogens (tertiary/aromatic N) is 4. The summed E-state index contributed by atoms with van der Waals surface area (Å²) in [5.74, 6) is 1.22. The normalized spacial score (nSPS) is 14.7. The molecular weight excluding hydrogens is 368 g/mol. The monoisotopic (exact) mass is 388 g/mol. The van der Waals surface area contributed by atoms with Crippen molar-refractivity contribution in [2.45, 2.75) is 12.8 Å². The molecular formula is C21H20N6O2. The molecule has 1 aliphatic rings. The Bertz CT molecular complexity index is 1150. The van der Waals surface area contributed by atoms with Crippen molar-refractivity contribution in [3.63, 3.8) is 0 Å². The molecule has 3 N–H and O–H groups in total. The van der Waals surface area contributed by atoms with E-state index in [0.29, 0.717) is 17.4 Å². The van der Waals surface area contributed by atoms with Gasteiger partial charge in [-0.05, 0) is 48.2 Å². The van der Waals surface area contributed by atoms with Gasteiger partial charge in [-0.3, -0.25) is 15.0 Å². The molecule has 2 heterocycles. The van der Waals surface area contributed by atoms with E-state index < -0.39 is 0 Å². The van der Waals surface area contributed by atoms with E-state index in [2.05, 4.69) is 20.4 Å². The van der Waals surface area contributed by atoms with Crippen molar-refractivity contribution in [2.24, 2.45) is 5.16 Å². The fourth-order valence-corrected chi connectivity index (χ4v) is 3.29. The van der Waals surface area contributed by atoms with Crippen LogP contribution in [0, 0.1) is 5.41 Å². The zero-order valence-electron chi connectivity index (χ0n) is 15.8. The van der Waals surface area contributed by atoms with Crippen LogP contribution < -0.4 is 15.5 Å². The van der Waals surface area contributed by atoms with E-state index in [4.69, 9.17) is 15.4 Å². The lowest BCUT2D eigenvalue weighted by Crippen LogP contribution is -2.22. The lowest BCUT2D eigenvalue weighted by atomic mass is 10.1. The molecule has 0 amide bonds. The molecule has 0 fully saturated rings. The number of anilines is 1. The number of rotatable bonds is 5. The number of methoxy groups -OCH3 is 1.